The number of hydrogen-bond donors (Lipinski definition) is 3. The minimum Gasteiger partial charge on any atom is -0.370 e. The maximum atomic E-state index is 9.04. The fourth-order valence-corrected chi connectivity index (χ4v) is 3.20. The molecule has 4 aromatic rings. The first-order valence-corrected chi connectivity index (χ1v) is 9.13. The van der Waals surface area contributed by atoms with Crippen LogP contribution in [-0.4, -0.2) is 21.5 Å². The van der Waals surface area contributed by atoms with Crippen LogP contribution in [0.1, 0.15) is 17.0 Å². The summed E-state index contributed by atoms with van der Waals surface area (Å²) in [5, 5.41) is 16.9. The molecule has 28 heavy (non-hydrogen) atoms. The van der Waals surface area contributed by atoms with Crippen LogP contribution >= 0.6 is 0 Å². The molecule has 0 aliphatic heterocycles. The van der Waals surface area contributed by atoms with Crippen molar-refractivity contribution in [1.29, 1.82) is 5.26 Å². The Balaban J connectivity index is 1.44. The van der Waals surface area contributed by atoms with E-state index in [9.17, 15) is 0 Å². The number of fused-ring (bicyclic) bond motifs is 1. The molecular formula is C22H20N6. The summed E-state index contributed by atoms with van der Waals surface area (Å²) in [4.78, 5) is 12.2. The Morgan fingerprint density at radius 1 is 1.04 bits per heavy atom. The molecule has 0 saturated heterocycles. The average molecular weight is 368 g/mol. The van der Waals surface area contributed by atoms with Gasteiger partial charge in [-0.2, -0.15) is 5.26 Å². The first kappa shape index (κ1) is 17.6. The first-order valence-electron chi connectivity index (χ1n) is 9.13. The Hall–Kier alpha value is -3.85. The standard InChI is InChI=1S/C22H20N6/c1-15-26-21(12-22(27-15)28-18-6-4-5-16(11-18)13-23)24-10-9-17-14-25-20-8-3-2-7-19(17)20/h2-8,11-12,14,25H,9-10H2,1H3,(H2,24,26,27,28). The molecular weight excluding hydrogens is 348 g/mol. The lowest BCUT2D eigenvalue weighted by Gasteiger charge is -2.10. The number of nitriles is 1. The second kappa shape index (κ2) is 7.80. The minimum atomic E-state index is 0.604. The lowest BCUT2D eigenvalue weighted by Crippen LogP contribution is -2.08. The molecule has 2 aromatic heterocycles. The van der Waals surface area contributed by atoms with E-state index in [1.165, 1.54) is 10.9 Å². The number of aromatic nitrogens is 3. The summed E-state index contributed by atoms with van der Waals surface area (Å²) in [6.45, 7) is 2.63. The van der Waals surface area contributed by atoms with Gasteiger partial charge in [0.2, 0.25) is 0 Å². The fourth-order valence-electron chi connectivity index (χ4n) is 3.20. The predicted molar refractivity (Wildman–Crippen MR) is 112 cm³/mol. The summed E-state index contributed by atoms with van der Waals surface area (Å²) in [6.07, 6.45) is 2.95. The molecule has 0 radical (unpaired) electrons. The third-order valence-electron chi connectivity index (χ3n) is 4.48. The highest BCUT2D eigenvalue weighted by molar-refractivity contribution is 5.83. The molecule has 0 saturated carbocycles. The van der Waals surface area contributed by atoms with Crippen molar-refractivity contribution in [3.8, 4) is 6.07 Å². The second-order valence-corrected chi connectivity index (χ2v) is 6.54. The van der Waals surface area contributed by atoms with E-state index in [2.05, 4.69) is 56.1 Å². The number of rotatable bonds is 6. The Kier molecular flexibility index (Phi) is 4.89. The Morgan fingerprint density at radius 3 is 2.79 bits per heavy atom. The van der Waals surface area contributed by atoms with E-state index in [4.69, 9.17) is 5.26 Å². The Morgan fingerprint density at radius 2 is 1.89 bits per heavy atom. The largest absolute Gasteiger partial charge is 0.370 e. The van der Waals surface area contributed by atoms with E-state index in [0.29, 0.717) is 17.2 Å². The van der Waals surface area contributed by atoms with Crippen molar-refractivity contribution in [1.82, 2.24) is 15.0 Å². The highest BCUT2D eigenvalue weighted by Crippen LogP contribution is 2.20. The lowest BCUT2D eigenvalue weighted by atomic mass is 10.1. The van der Waals surface area contributed by atoms with E-state index in [1.54, 1.807) is 12.1 Å². The van der Waals surface area contributed by atoms with Crippen molar-refractivity contribution in [2.45, 2.75) is 13.3 Å². The van der Waals surface area contributed by atoms with Crippen molar-refractivity contribution < 1.29 is 0 Å². The quantitative estimate of drug-likeness (QED) is 0.465. The van der Waals surface area contributed by atoms with Gasteiger partial charge in [-0.25, -0.2) is 9.97 Å². The molecule has 0 atom stereocenters. The monoisotopic (exact) mass is 368 g/mol. The molecule has 6 heteroatoms. The van der Waals surface area contributed by atoms with Crippen molar-refractivity contribution in [2.75, 3.05) is 17.2 Å². The van der Waals surface area contributed by atoms with E-state index < -0.39 is 0 Å². The van der Waals surface area contributed by atoms with Gasteiger partial charge in [0.15, 0.2) is 0 Å². The third-order valence-corrected chi connectivity index (χ3v) is 4.48. The van der Waals surface area contributed by atoms with Crippen molar-refractivity contribution >= 4 is 28.2 Å². The molecule has 6 nitrogen and oxygen atoms in total. The summed E-state index contributed by atoms with van der Waals surface area (Å²) in [5.74, 6) is 2.14. The predicted octanol–water partition coefficient (Wildman–Crippen LogP) is 4.54. The van der Waals surface area contributed by atoms with Crippen LogP contribution in [0.2, 0.25) is 0 Å². The number of nitrogens with zero attached hydrogens (tertiary/aromatic N) is 3. The summed E-state index contributed by atoms with van der Waals surface area (Å²) < 4.78 is 0. The molecule has 3 N–H and O–H groups in total. The summed E-state index contributed by atoms with van der Waals surface area (Å²) in [6, 6.07) is 19.6. The van der Waals surface area contributed by atoms with Crippen LogP contribution in [0.15, 0.2) is 60.8 Å². The zero-order valence-corrected chi connectivity index (χ0v) is 15.5. The molecule has 0 unspecified atom stereocenters. The molecule has 138 valence electrons. The van der Waals surface area contributed by atoms with Gasteiger partial charge in [0.05, 0.1) is 11.6 Å². The highest BCUT2D eigenvalue weighted by Gasteiger charge is 2.05. The van der Waals surface area contributed by atoms with E-state index in [1.807, 2.05) is 31.2 Å². The molecule has 0 fully saturated rings. The smallest absolute Gasteiger partial charge is 0.136 e. The normalized spacial score (nSPS) is 10.6. The number of hydrogen-bond acceptors (Lipinski definition) is 5. The molecule has 0 aliphatic carbocycles. The van der Waals surface area contributed by atoms with Gasteiger partial charge < -0.3 is 15.6 Å². The molecule has 4 rings (SSSR count). The second-order valence-electron chi connectivity index (χ2n) is 6.54. The van der Waals surface area contributed by atoms with E-state index in [0.717, 1.165) is 30.0 Å². The van der Waals surface area contributed by atoms with Crippen LogP contribution in [0.25, 0.3) is 10.9 Å². The van der Waals surface area contributed by atoms with E-state index >= 15 is 0 Å². The lowest BCUT2D eigenvalue weighted by molar-refractivity contribution is 0.988. The number of benzene rings is 2. The number of aromatic amines is 1. The van der Waals surface area contributed by atoms with Gasteiger partial charge in [-0.15, -0.1) is 0 Å². The summed E-state index contributed by atoms with van der Waals surface area (Å²) in [5.41, 5.74) is 3.86. The van der Waals surface area contributed by atoms with Gasteiger partial charge in [0, 0.05) is 35.4 Å². The van der Waals surface area contributed by atoms with Gasteiger partial charge in [-0.1, -0.05) is 24.3 Å². The van der Waals surface area contributed by atoms with Crippen LogP contribution in [0, 0.1) is 18.3 Å². The van der Waals surface area contributed by atoms with Gasteiger partial charge in [0.1, 0.15) is 17.5 Å². The zero-order valence-electron chi connectivity index (χ0n) is 15.5. The van der Waals surface area contributed by atoms with Crippen molar-refractivity contribution in [3.05, 3.63) is 77.7 Å². The van der Waals surface area contributed by atoms with Crippen LogP contribution in [-0.2, 0) is 6.42 Å². The molecule has 0 amide bonds. The topological polar surface area (TPSA) is 89.4 Å². The van der Waals surface area contributed by atoms with Gasteiger partial charge in [-0.3, -0.25) is 0 Å². The van der Waals surface area contributed by atoms with Gasteiger partial charge in [-0.05, 0) is 43.2 Å². The molecule has 0 bridgehead atoms. The van der Waals surface area contributed by atoms with Crippen LogP contribution in [0.4, 0.5) is 17.3 Å². The maximum absolute atomic E-state index is 9.04. The van der Waals surface area contributed by atoms with Crippen LogP contribution in [0.5, 0.6) is 0 Å². The average Bonchev–Trinajstić information content (AvgIpc) is 3.11. The van der Waals surface area contributed by atoms with E-state index in [-0.39, 0.29) is 0 Å². The zero-order chi connectivity index (χ0) is 19.3. The number of aryl methyl sites for hydroxylation is 1. The SMILES string of the molecule is Cc1nc(NCCc2c[nH]c3ccccc23)cc(Nc2cccc(C#N)c2)n1. The number of nitrogens with one attached hydrogen (secondary N) is 3. The highest BCUT2D eigenvalue weighted by atomic mass is 15.1. The third kappa shape index (κ3) is 3.94. The Bertz CT molecular complexity index is 1160. The van der Waals surface area contributed by atoms with Crippen molar-refractivity contribution in [3.63, 3.8) is 0 Å². The first-order chi connectivity index (χ1) is 13.7. The molecule has 2 heterocycles. The summed E-state index contributed by atoms with van der Waals surface area (Å²) in [7, 11) is 0. The minimum absolute atomic E-state index is 0.604. The molecule has 0 aliphatic rings. The van der Waals surface area contributed by atoms with Crippen molar-refractivity contribution in [2.24, 2.45) is 0 Å². The number of H-pyrrole nitrogens is 1. The van der Waals surface area contributed by atoms with Crippen LogP contribution < -0.4 is 10.6 Å². The summed E-state index contributed by atoms with van der Waals surface area (Å²) >= 11 is 0. The molecule has 0 spiro atoms. The maximum Gasteiger partial charge on any atom is 0.136 e. The number of para-hydroxylation sites is 1. The Labute approximate surface area is 163 Å². The molecule has 2 aromatic carbocycles. The fraction of sp³-hybridized carbons (Fsp3) is 0.136. The number of anilines is 3. The van der Waals surface area contributed by atoms with Gasteiger partial charge in [0.25, 0.3) is 0 Å². The van der Waals surface area contributed by atoms with Gasteiger partial charge >= 0.3 is 0 Å². The van der Waals surface area contributed by atoms with Crippen LogP contribution in [0.3, 0.4) is 0 Å².